The van der Waals surface area contributed by atoms with E-state index in [1.54, 1.807) is 38.1 Å². The molecule has 0 aliphatic carbocycles. The number of benzene rings is 2. The summed E-state index contributed by atoms with van der Waals surface area (Å²) in [4.78, 5) is 23.5. The molecule has 2 aromatic rings. The lowest BCUT2D eigenvalue weighted by Crippen LogP contribution is -2.30. The average Bonchev–Trinajstić information content (AvgIpc) is 2.66. The Morgan fingerprint density at radius 3 is 2.14 bits per heavy atom. The molecule has 0 radical (unpaired) electrons. The Hall–Kier alpha value is -2.91. The summed E-state index contributed by atoms with van der Waals surface area (Å²) in [6, 6.07) is 11.9. The fourth-order valence-electron chi connectivity index (χ4n) is 2.20. The lowest BCUT2D eigenvalue weighted by atomic mass is 10.2. The first-order valence-electron chi connectivity index (χ1n) is 8.44. The van der Waals surface area contributed by atoms with Crippen LogP contribution in [0.2, 0.25) is 0 Å². The van der Waals surface area contributed by atoms with Crippen LogP contribution in [0.4, 0.5) is 5.69 Å². The lowest BCUT2D eigenvalue weighted by molar-refractivity contribution is -0.142. The van der Waals surface area contributed by atoms with Gasteiger partial charge in [0.25, 0.3) is 5.91 Å². The average molecular weight is 406 g/mol. The maximum absolute atomic E-state index is 12.3. The molecule has 0 aliphatic heterocycles. The summed E-state index contributed by atoms with van der Waals surface area (Å²) in [6.45, 7) is 3.25. The third-order valence-corrected chi connectivity index (χ3v) is 5.19. The number of hydrogen-bond donors (Lipinski definition) is 2. The zero-order valence-electron chi connectivity index (χ0n) is 15.8. The van der Waals surface area contributed by atoms with Crippen molar-refractivity contribution in [1.29, 1.82) is 0 Å². The number of hydrogen-bond acceptors (Lipinski definition) is 6. The molecule has 8 nitrogen and oxygen atoms in total. The Morgan fingerprint density at radius 1 is 1.00 bits per heavy atom. The van der Waals surface area contributed by atoms with Crippen LogP contribution in [0.3, 0.4) is 0 Å². The molecule has 2 N–H and O–H groups in total. The Bertz CT molecular complexity index is 922. The molecule has 1 amide bonds. The standard InChI is InChI=1S/C19H22N2O6S/c1-13(2)21-28(24,25)17-10-4-14(5-11-17)19(23)20-15-6-8-16(9-7-15)27-12-18(22)26-3/h4-11,13,21H,12H2,1-3H3,(H,20,23). The number of carbonyl (C=O) groups is 2. The van der Waals surface area contributed by atoms with E-state index in [-0.39, 0.29) is 23.5 Å². The van der Waals surface area contributed by atoms with Crippen LogP contribution in [-0.4, -0.2) is 40.1 Å². The normalized spacial score (nSPS) is 11.1. The van der Waals surface area contributed by atoms with Gasteiger partial charge < -0.3 is 14.8 Å². The highest BCUT2D eigenvalue weighted by molar-refractivity contribution is 7.89. The van der Waals surface area contributed by atoms with Crippen molar-refractivity contribution in [2.24, 2.45) is 0 Å². The van der Waals surface area contributed by atoms with E-state index in [2.05, 4.69) is 14.8 Å². The number of carbonyl (C=O) groups excluding carboxylic acids is 2. The lowest BCUT2D eigenvalue weighted by Gasteiger charge is -2.10. The van der Waals surface area contributed by atoms with Crippen LogP contribution >= 0.6 is 0 Å². The van der Waals surface area contributed by atoms with Crippen LogP contribution in [0.5, 0.6) is 5.75 Å². The van der Waals surface area contributed by atoms with Crippen LogP contribution in [0.1, 0.15) is 24.2 Å². The molecular weight excluding hydrogens is 384 g/mol. The molecule has 0 unspecified atom stereocenters. The third kappa shape index (κ3) is 6.07. The first-order valence-corrected chi connectivity index (χ1v) is 9.93. The molecule has 28 heavy (non-hydrogen) atoms. The van der Waals surface area contributed by atoms with Crippen molar-refractivity contribution >= 4 is 27.6 Å². The highest BCUT2D eigenvalue weighted by Gasteiger charge is 2.16. The molecule has 0 saturated carbocycles. The Balaban J connectivity index is 2.00. The molecule has 0 aliphatic rings. The summed E-state index contributed by atoms with van der Waals surface area (Å²) in [5.74, 6) is -0.425. The number of nitrogens with one attached hydrogen (secondary N) is 2. The van der Waals surface area contributed by atoms with Crippen molar-refractivity contribution in [1.82, 2.24) is 4.72 Å². The van der Waals surface area contributed by atoms with Gasteiger partial charge in [-0.25, -0.2) is 17.9 Å². The molecule has 0 atom stereocenters. The van der Waals surface area contributed by atoms with Gasteiger partial charge in [-0.3, -0.25) is 4.79 Å². The fourth-order valence-corrected chi connectivity index (χ4v) is 3.45. The molecular formula is C19H22N2O6S. The van der Waals surface area contributed by atoms with Gasteiger partial charge in [0.1, 0.15) is 5.75 Å². The van der Waals surface area contributed by atoms with E-state index in [0.717, 1.165) is 0 Å². The minimum Gasteiger partial charge on any atom is -0.482 e. The predicted octanol–water partition coefficient (Wildman–Crippen LogP) is 2.18. The first kappa shape index (κ1) is 21.4. The van der Waals surface area contributed by atoms with Crippen molar-refractivity contribution < 1.29 is 27.5 Å². The summed E-state index contributed by atoms with van der Waals surface area (Å²) >= 11 is 0. The number of esters is 1. The summed E-state index contributed by atoms with van der Waals surface area (Å²) < 4.78 is 36.4. The molecule has 0 aromatic heterocycles. The SMILES string of the molecule is COC(=O)COc1ccc(NC(=O)c2ccc(S(=O)(=O)NC(C)C)cc2)cc1. The topological polar surface area (TPSA) is 111 Å². The molecule has 0 saturated heterocycles. The van der Waals surface area contributed by atoms with E-state index in [4.69, 9.17) is 4.74 Å². The first-order chi connectivity index (χ1) is 13.2. The van der Waals surface area contributed by atoms with E-state index in [0.29, 0.717) is 17.0 Å². The number of sulfonamides is 1. The molecule has 2 rings (SSSR count). The van der Waals surface area contributed by atoms with Crippen LogP contribution in [-0.2, 0) is 19.6 Å². The molecule has 2 aromatic carbocycles. The molecule has 150 valence electrons. The Morgan fingerprint density at radius 2 is 1.61 bits per heavy atom. The van der Waals surface area contributed by atoms with E-state index in [1.165, 1.54) is 31.4 Å². The Kier molecular flexibility index (Phi) is 7.13. The second-order valence-electron chi connectivity index (χ2n) is 6.14. The van der Waals surface area contributed by atoms with Crippen molar-refractivity contribution in [3.05, 3.63) is 54.1 Å². The summed E-state index contributed by atoms with van der Waals surface area (Å²) in [6.07, 6.45) is 0. The van der Waals surface area contributed by atoms with E-state index in [9.17, 15) is 18.0 Å². The minimum atomic E-state index is -3.61. The number of methoxy groups -OCH3 is 1. The minimum absolute atomic E-state index is 0.0878. The summed E-state index contributed by atoms with van der Waals surface area (Å²) in [5, 5.41) is 2.70. The third-order valence-electron chi connectivity index (χ3n) is 3.51. The van der Waals surface area contributed by atoms with E-state index in [1.807, 2.05) is 0 Å². The molecule has 0 spiro atoms. The van der Waals surface area contributed by atoms with Gasteiger partial charge in [0.05, 0.1) is 12.0 Å². The predicted molar refractivity (Wildman–Crippen MR) is 104 cm³/mol. The maximum Gasteiger partial charge on any atom is 0.343 e. The van der Waals surface area contributed by atoms with Crippen LogP contribution in [0, 0.1) is 0 Å². The fraction of sp³-hybridized carbons (Fsp3) is 0.263. The van der Waals surface area contributed by atoms with Gasteiger partial charge in [-0.2, -0.15) is 0 Å². The van der Waals surface area contributed by atoms with Crippen molar-refractivity contribution in [3.8, 4) is 5.75 Å². The zero-order chi connectivity index (χ0) is 20.7. The Labute approximate surface area is 163 Å². The molecule has 0 heterocycles. The highest BCUT2D eigenvalue weighted by Crippen LogP contribution is 2.17. The van der Waals surface area contributed by atoms with Gasteiger partial charge >= 0.3 is 5.97 Å². The van der Waals surface area contributed by atoms with E-state index < -0.39 is 16.0 Å². The second-order valence-corrected chi connectivity index (χ2v) is 7.86. The summed E-state index contributed by atoms with van der Waals surface area (Å²) in [5.41, 5.74) is 0.836. The van der Waals surface area contributed by atoms with Gasteiger partial charge in [0.15, 0.2) is 6.61 Å². The quantitative estimate of drug-likeness (QED) is 0.650. The van der Waals surface area contributed by atoms with Crippen LogP contribution in [0.15, 0.2) is 53.4 Å². The largest absolute Gasteiger partial charge is 0.482 e. The monoisotopic (exact) mass is 406 g/mol. The maximum atomic E-state index is 12.3. The van der Waals surface area contributed by atoms with Gasteiger partial charge in [-0.1, -0.05) is 0 Å². The van der Waals surface area contributed by atoms with Gasteiger partial charge in [-0.15, -0.1) is 0 Å². The van der Waals surface area contributed by atoms with Gasteiger partial charge in [0, 0.05) is 17.3 Å². The van der Waals surface area contributed by atoms with Crippen LogP contribution in [0.25, 0.3) is 0 Å². The van der Waals surface area contributed by atoms with Gasteiger partial charge in [0.2, 0.25) is 10.0 Å². The number of ether oxygens (including phenoxy) is 2. The summed E-state index contributed by atoms with van der Waals surface area (Å²) in [7, 11) is -2.34. The van der Waals surface area contributed by atoms with Crippen LogP contribution < -0.4 is 14.8 Å². The smallest absolute Gasteiger partial charge is 0.343 e. The van der Waals surface area contributed by atoms with E-state index >= 15 is 0 Å². The van der Waals surface area contributed by atoms with Crippen molar-refractivity contribution in [2.45, 2.75) is 24.8 Å². The second kappa shape index (κ2) is 9.34. The highest BCUT2D eigenvalue weighted by atomic mass is 32.2. The van der Waals surface area contributed by atoms with Crippen molar-refractivity contribution in [3.63, 3.8) is 0 Å². The zero-order valence-corrected chi connectivity index (χ0v) is 16.6. The molecule has 0 bridgehead atoms. The number of amides is 1. The van der Waals surface area contributed by atoms with Gasteiger partial charge in [-0.05, 0) is 62.4 Å². The number of anilines is 1. The number of rotatable bonds is 8. The molecule has 9 heteroatoms. The molecule has 0 fully saturated rings. The van der Waals surface area contributed by atoms with Crippen molar-refractivity contribution in [2.75, 3.05) is 19.0 Å².